The molecule has 0 radical (unpaired) electrons. The molecule has 0 aromatic heterocycles. The number of benzene rings is 1. The van der Waals surface area contributed by atoms with Gasteiger partial charge in [0.05, 0.1) is 7.11 Å². The smallest absolute Gasteiger partial charge is 0.341 e. The molecule has 0 saturated heterocycles. The van der Waals surface area contributed by atoms with Gasteiger partial charge in [-0.1, -0.05) is 12.7 Å². The van der Waals surface area contributed by atoms with Crippen LogP contribution >= 0.6 is 0 Å². The highest BCUT2D eigenvalue weighted by atomic mass is 19.2. The lowest BCUT2D eigenvalue weighted by Crippen LogP contribution is -2.11. The van der Waals surface area contributed by atoms with Crippen molar-refractivity contribution in [3.8, 4) is 5.75 Å². The van der Waals surface area contributed by atoms with E-state index in [0.717, 1.165) is 7.11 Å². The highest BCUT2D eigenvalue weighted by Crippen LogP contribution is 2.26. The fourth-order valence-electron chi connectivity index (χ4n) is 1.13. The van der Waals surface area contributed by atoms with E-state index < -0.39 is 34.7 Å². The summed E-state index contributed by atoms with van der Waals surface area (Å²) in [4.78, 5) is 11.2. The Labute approximate surface area is 95.5 Å². The lowest BCUT2D eigenvalue weighted by Gasteiger charge is -2.08. The Morgan fingerprint density at radius 1 is 1.41 bits per heavy atom. The van der Waals surface area contributed by atoms with Crippen molar-refractivity contribution in [1.29, 1.82) is 0 Å². The maximum absolute atomic E-state index is 13.4. The summed E-state index contributed by atoms with van der Waals surface area (Å²) < 4.78 is 48.6. The summed E-state index contributed by atoms with van der Waals surface area (Å²) in [5.74, 6) is -6.34. The van der Waals surface area contributed by atoms with Gasteiger partial charge in [0.15, 0.2) is 17.4 Å². The third kappa shape index (κ3) is 2.58. The van der Waals surface area contributed by atoms with Crippen molar-refractivity contribution < 1.29 is 27.4 Å². The second kappa shape index (κ2) is 5.38. The minimum absolute atomic E-state index is 0.187. The summed E-state index contributed by atoms with van der Waals surface area (Å²) in [5.41, 5.74) is -0.831. The van der Waals surface area contributed by atoms with E-state index in [-0.39, 0.29) is 6.61 Å². The molecule has 0 saturated carbocycles. The predicted octanol–water partition coefficient (Wildman–Crippen LogP) is 2.46. The van der Waals surface area contributed by atoms with Crippen LogP contribution in [0.25, 0.3) is 0 Å². The van der Waals surface area contributed by atoms with E-state index in [1.54, 1.807) is 0 Å². The molecule has 0 spiro atoms. The Bertz CT molecular complexity index is 458. The fourth-order valence-corrected chi connectivity index (χ4v) is 1.13. The van der Waals surface area contributed by atoms with Crippen molar-refractivity contribution in [2.45, 2.75) is 0 Å². The first-order valence-electron chi connectivity index (χ1n) is 4.52. The van der Waals surface area contributed by atoms with Gasteiger partial charge in [0.25, 0.3) is 0 Å². The second-order valence-electron chi connectivity index (χ2n) is 2.95. The Kier molecular flexibility index (Phi) is 4.14. The number of methoxy groups -OCH3 is 1. The molecule has 0 unspecified atom stereocenters. The SMILES string of the molecule is C=CCOC(=O)c1cc(F)c(OC)c(F)c1F. The van der Waals surface area contributed by atoms with E-state index in [2.05, 4.69) is 16.1 Å². The molecule has 6 heteroatoms. The molecule has 3 nitrogen and oxygen atoms in total. The average Bonchev–Trinajstić information content (AvgIpc) is 2.31. The molecule has 0 aliphatic carbocycles. The largest absolute Gasteiger partial charge is 0.491 e. The van der Waals surface area contributed by atoms with E-state index in [9.17, 15) is 18.0 Å². The Morgan fingerprint density at radius 3 is 2.59 bits per heavy atom. The minimum atomic E-state index is -1.57. The zero-order valence-corrected chi connectivity index (χ0v) is 8.93. The van der Waals surface area contributed by atoms with Gasteiger partial charge in [0, 0.05) is 0 Å². The van der Waals surface area contributed by atoms with E-state index in [0.29, 0.717) is 6.07 Å². The van der Waals surface area contributed by atoms with Crippen LogP contribution in [-0.2, 0) is 4.74 Å². The molecule has 0 heterocycles. The zero-order valence-electron chi connectivity index (χ0n) is 8.93. The normalized spacial score (nSPS) is 9.88. The summed E-state index contributed by atoms with van der Waals surface area (Å²) >= 11 is 0. The Balaban J connectivity index is 3.18. The van der Waals surface area contributed by atoms with Crippen LogP contribution < -0.4 is 4.74 Å². The predicted molar refractivity (Wildman–Crippen MR) is 53.3 cm³/mol. The lowest BCUT2D eigenvalue weighted by atomic mass is 10.2. The van der Waals surface area contributed by atoms with Crippen LogP contribution in [0.4, 0.5) is 13.2 Å². The number of ether oxygens (including phenoxy) is 2. The van der Waals surface area contributed by atoms with Gasteiger partial charge in [-0.15, -0.1) is 0 Å². The quantitative estimate of drug-likeness (QED) is 0.465. The topological polar surface area (TPSA) is 35.5 Å². The molecule has 17 heavy (non-hydrogen) atoms. The van der Waals surface area contributed by atoms with Gasteiger partial charge in [-0.05, 0) is 6.07 Å². The highest BCUT2D eigenvalue weighted by molar-refractivity contribution is 5.90. The molecule has 0 aliphatic heterocycles. The van der Waals surface area contributed by atoms with E-state index >= 15 is 0 Å². The van der Waals surface area contributed by atoms with Crippen LogP contribution in [0, 0.1) is 17.5 Å². The molecule has 0 bridgehead atoms. The molecule has 92 valence electrons. The van der Waals surface area contributed by atoms with Gasteiger partial charge in [-0.2, -0.15) is 4.39 Å². The number of halogens is 3. The van der Waals surface area contributed by atoms with Gasteiger partial charge in [0.2, 0.25) is 5.82 Å². The van der Waals surface area contributed by atoms with Crippen LogP contribution in [-0.4, -0.2) is 19.7 Å². The van der Waals surface area contributed by atoms with Crippen molar-refractivity contribution in [3.05, 3.63) is 41.7 Å². The summed E-state index contributed by atoms with van der Waals surface area (Å²) in [7, 11) is 0.983. The molecule has 1 rings (SSSR count). The molecule has 1 aromatic rings. The molecule has 0 fully saturated rings. The Hall–Kier alpha value is -1.98. The number of carbonyl (C=O) groups excluding carboxylic acids is 1. The molecule has 0 amide bonds. The van der Waals surface area contributed by atoms with Gasteiger partial charge < -0.3 is 9.47 Å². The Morgan fingerprint density at radius 2 is 2.06 bits per heavy atom. The van der Waals surface area contributed by atoms with Gasteiger partial charge >= 0.3 is 5.97 Å². The highest BCUT2D eigenvalue weighted by Gasteiger charge is 2.24. The van der Waals surface area contributed by atoms with Crippen LogP contribution in [0.15, 0.2) is 18.7 Å². The van der Waals surface area contributed by atoms with E-state index in [4.69, 9.17) is 0 Å². The monoisotopic (exact) mass is 246 g/mol. The minimum Gasteiger partial charge on any atom is -0.491 e. The number of esters is 1. The van der Waals surface area contributed by atoms with Crippen LogP contribution in [0.2, 0.25) is 0 Å². The summed E-state index contributed by atoms with van der Waals surface area (Å²) in [6, 6.07) is 0.517. The number of rotatable bonds is 4. The standard InChI is InChI=1S/C11H9F3O3/c1-3-4-17-11(15)6-5-7(12)10(16-2)9(14)8(6)13/h3,5H,1,4H2,2H3. The van der Waals surface area contributed by atoms with Crippen molar-refractivity contribution in [1.82, 2.24) is 0 Å². The van der Waals surface area contributed by atoms with Crippen LogP contribution in [0.3, 0.4) is 0 Å². The van der Waals surface area contributed by atoms with Crippen molar-refractivity contribution >= 4 is 5.97 Å². The van der Waals surface area contributed by atoms with Crippen molar-refractivity contribution in [2.75, 3.05) is 13.7 Å². The third-order valence-electron chi connectivity index (χ3n) is 1.87. The molecular weight excluding hydrogens is 237 g/mol. The van der Waals surface area contributed by atoms with Gasteiger partial charge in [-0.3, -0.25) is 0 Å². The van der Waals surface area contributed by atoms with Gasteiger partial charge in [-0.25, -0.2) is 13.6 Å². The average molecular weight is 246 g/mol. The van der Waals surface area contributed by atoms with Crippen LogP contribution in [0.5, 0.6) is 5.75 Å². The fraction of sp³-hybridized carbons (Fsp3) is 0.182. The summed E-state index contributed by atoms with van der Waals surface area (Å²) in [6.07, 6.45) is 1.24. The second-order valence-corrected chi connectivity index (χ2v) is 2.95. The third-order valence-corrected chi connectivity index (χ3v) is 1.87. The van der Waals surface area contributed by atoms with E-state index in [1.165, 1.54) is 6.08 Å². The first kappa shape index (κ1) is 13.1. The first-order chi connectivity index (χ1) is 8.02. The molecule has 0 N–H and O–H groups in total. The molecule has 0 aliphatic rings. The van der Waals surface area contributed by atoms with Gasteiger partial charge in [0.1, 0.15) is 12.2 Å². The van der Waals surface area contributed by atoms with E-state index in [1.807, 2.05) is 0 Å². The molecule has 0 atom stereocenters. The van der Waals surface area contributed by atoms with Crippen molar-refractivity contribution in [2.24, 2.45) is 0 Å². The zero-order chi connectivity index (χ0) is 13.0. The lowest BCUT2D eigenvalue weighted by molar-refractivity contribution is 0.0542. The number of carbonyl (C=O) groups is 1. The molecular formula is C11H9F3O3. The maximum Gasteiger partial charge on any atom is 0.341 e. The first-order valence-corrected chi connectivity index (χ1v) is 4.52. The number of hydrogen-bond acceptors (Lipinski definition) is 3. The number of hydrogen-bond donors (Lipinski definition) is 0. The molecule has 1 aromatic carbocycles. The summed E-state index contributed by atoms with van der Waals surface area (Å²) in [6.45, 7) is 3.09. The van der Waals surface area contributed by atoms with Crippen molar-refractivity contribution in [3.63, 3.8) is 0 Å². The maximum atomic E-state index is 13.4. The van der Waals surface area contributed by atoms with Crippen LogP contribution in [0.1, 0.15) is 10.4 Å². The summed E-state index contributed by atoms with van der Waals surface area (Å²) in [5, 5.41) is 0.